The Morgan fingerprint density at radius 1 is 1.10 bits per heavy atom. The SMILES string of the molecule is COc1ccc([C@H](C)NC(=O)c2cn(C[C@H](O)c3ccccc3)nn2)cc1OC. The average molecular weight is 396 g/mol. The summed E-state index contributed by atoms with van der Waals surface area (Å²) in [7, 11) is 3.13. The molecule has 0 aliphatic heterocycles. The molecule has 0 aliphatic carbocycles. The fourth-order valence-corrected chi connectivity index (χ4v) is 2.93. The van der Waals surface area contributed by atoms with Crippen LogP contribution in [0.1, 0.15) is 40.7 Å². The van der Waals surface area contributed by atoms with E-state index in [1.165, 1.54) is 10.9 Å². The molecule has 0 radical (unpaired) electrons. The van der Waals surface area contributed by atoms with Crippen LogP contribution in [0.2, 0.25) is 0 Å². The van der Waals surface area contributed by atoms with Crippen molar-refractivity contribution in [1.82, 2.24) is 20.3 Å². The second-order valence-electron chi connectivity index (χ2n) is 6.56. The lowest BCUT2D eigenvalue weighted by Crippen LogP contribution is -2.27. The molecule has 0 aliphatic rings. The van der Waals surface area contributed by atoms with Gasteiger partial charge in [0.25, 0.3) is 5.91 Å². The minimum absolute atomic E-state index is 0.178. The van der Waals surface area contributed by atoms with E-state index in [0.29, 0.717) is 11.5 Å². The number of benzene rings is 2. The predicted octanol–water partition coefficient (Wildman–Crippen LogP) is 2.52. The number of nitrogens with zero attached hydrogens (tertiary/aromatic N) is 3. The number of methoxy groups -OCH3 is 2. The lowest BCUT2D eigenvalue weighted by molar-refractivity contribution is 0.0934. The number of carbonyl (C=O) groups excluding carboxylic acids is 1. The van der Waals surface area contributed by atoms with Gasteiger partial charge in [0.05, 0.1) is 39.1 Å². The minimum Gasteiger partial charge on any atom is -0.493 e. The van der Waals surface area contributed by atoms with Crippen molar-refractivity contribution in [2.75, 3.05) is 14.2 Å². The zero-order valence-corrected chi connectivity index (χ0v) is 16.6. The number of aliphatic hydroxyl groups excluding tert-OH is 1. The standard InChI is InChI=1S/C21H24N4O4/c1-14(16-9-10-19(28-2)20(11-16)29-3)22-21(27)17-12-25(24-23-17)13-18(26)15-7-5-4-6-8-15/h4-12,14,18,26H,13H2,1-3H3,(H,22,27)/t14-,18-/m0/s1. The molecule has 0 unspecified atom stereocenters. The lowest BCUT2D eigenvalue weighted by atomic mass is 10.1. The summed E-state index contributed by atoms with van der Waals surface area (Å²) < 4.78 is 12.0. The molecular weight excluding hydrogens is 372 g/mol. The van der Waals surface area contributed by atoms with Crippen molar-refractivity contribution in [2.45, 2.75) is 25.6 Å². The van der Waals surface area contributed by atoms with Crippen LogP contribution in [0.25, 0.3) is 0 Å². The van der Waals surface area contributed by atoms with Crippen molar-refractivity contribution in [3.05, 3.63) is 71.5 Å². The maximum absolute atomic E-state index is 12.5. The number of aliphatic hydroxyl groups is 1. The van der Waals surface area contributed by atoms with Gasteiger partial charge in [0.15, 0.2) is 17.2 Å². The average Bonchev–Trinajstić information content (AvgIpc) is 3.22. The first-order chi connectivity index (χ1) is 14.0. The quantitative estimate of drug-likeness (QED) is 0.607. The highest BCUT2D eigenvalue weighted by Gasteiger charge is 2.17. The Morgan fingerprint density at radius 2 is 1.83 bits per heavy atom. The van der Waals surface area contributed by atoms with Crippen molar-refractivity contribution in [3.8, 4) is 11.5 Å². The largest absolute Gasteiger partial charge is 0.493 e. The van der Waals surface area contributed by atoms with Gasteiger partial charge in [0.1, 0.15) is 0 Å². The lowest BCUT2D eigenvalue weighted by Gasteiger charge is -2.16. The van der Waals surface area contributed by atoms with Gasteiger partial charge in [-0.25, -0.2) is 4.68 Å². The van der Waals surface area contributed by atoms with Crippen molar-refractivity contribution in [1.29, 1.82) is 0 Å². The molecule has 8 nitrogen and oxygen atoms in total. The van der Waals surface area contributed by atoms with Gasteiger partial charge in [-0.2, -0.15) is 0 Å². The summed E-state index contributed by atoms with van der Waals surface area (Å²) in [5.41, 5.74) is 1.82. The van der Waals surface area contributed by atoms with Gasteiger partial charge >= 0.3 is 0 Å². The summed E-state index contributed by atoms with van der Waals surface area (Å²) in [5, 5.41) is 21.0. The third-order valence-corrected chi connectivity index (χ3v) is 4.57. The van der Waals surface area contributed by atoms with E-state index in [2.05, 4.69) is 15.6 Å². The number of hydrogen-bond donors (Lipinski definition) is 2. The van der Waals surface area contributed by atoms with Crippen molar-refractivity contribution in [3.63, 3.8) is 0 Å². The fourth-order valence-electron chi connectivity index (χ4n) is 2.93. The third-order valence-electron chi connectivity index (χ3n) is 4.57. The van der Waals surface area contributed by atoms with Gasteiger partial charge in [0.2, 0.25) is 0 Å². The van der Waals surface area contributed by atoms with E-state index in [0.717, 1.165) is 11.1 Å². The summed E-state index contributed by atoms with van der Waals surface area (Å²) in [6.07, 6.45) is 0.780. The molecular formula is C21H24N4O4. The Hall–Kier alpha value is -3.39. The van der Waals surface area contributed by atoms with Crippen molar-refractivity contribution < 1.29 is 19.4 Å². The van der Waals surface area contributed by atoms with Gasteiger partial charge in [-0.05, 0) is 30.2 Å². The van der Waals surface area contributed by atoms with E-state index < -0.39 is 6.10 Å². The molecule has 3 aromatic rings. The molecule has 0 fully saturated rings. The number of rotatable bonds is 8. The summed E-state index contributed by atoms with van der Waals surface area (Å²) in [6.45, 7) is 2.07. The molecule has 3 rings (SSSR count). The summed E-state index contributed by atoms with van der Waals surface area (Å²) in [6, 6.07) is 14.5. The molecule has 1 amide bonds. The van der Waals surface area contributed by atoms with Crippen LogP contribution in [0.15, 0.2) is 54.7 Å². The topological polar surface area (TPSA) is 98.5 Å². The number of ether oxygens (including phenoxy) is 2. The maximum atomic E-state index is 12.5. The zero-order valence-electron chi connectivity index (χ0n) is 16.6. The Balaban J connectivity index is 1.64. The van der Waals surface area contributed by atoms with Crippen molar-refractivity contribution >= 4 is 5.91 Å². The summed E-state index contributed by atoms with van der Waals surface area (Å²) in [4.78, 5) is 12.5. The minimum atomic E-state index is -0.737. The first-order valence-corrected chi connectivity index (χ1v) is 9.17. The zero-order chi connectivity index (χ0) is 20.8. The number of aromatic nitrogens is 3. The monoisotopic (exact) mass is 396 g/mol. The smallest absolute Gasteiger partial charge is 0.273 e. The van der Waals surface area contributed by atoms with Crippen LogP contribution in [-0.2, 0) is 6.54 Å². The van der Waals surface area contributed by atoms with Crippen LogP contribution >= 0.6 is 0 Å². The number of nitrogens with one attached hydrogen (secondary N) is 1. The molecule has 0 saturated carbocycles. The van der Waals surface area contributed by atoms with Crippen LogP contribution in [0, 0.1) is 0 Å². The Labute approximate surface area is 169 Å². The van der Waals surface area contributed by atoms with E-state index >= 15 is 0 Å². The van der Waals surface area contributed by atoms with E-state index in [-0.39, 0.29) is 24.2 Å². The van der Waals surface area contributed by atoms with Gasteiger partial charge in [-0.1, -0.05) is 41.6 Å². The van der Waals surface area contributed by atoms with E-state index in [1.54, 1.807) is 20.3 Å². The maximum Gasteiger partial charge on any atom is 0.273 e. The molecule has 1 heterocycles. The first-order valence-electron chi connectivity index (χ1n) is 9.17. The van der Waals surface area contributed by atoms with Crippen LogP contribution in [0.4, 0.5) is 0 Å². The predicted molar refractivity (Wildman–Crippen MR) is 107 cm³/mol. The fraction of sp³-hybridized carbons (Fsp3) is 0.286. The molecule has 29 heavy (non-hydrogen) atoms. The van der Waals surface area contributed by atoms with Gasteiger partial charge in [-0.15, -0.1) is 5.10 Å². The van der Waals surface area contributed by atoms with Crippen LogP contribution in [0.3, 0.4) is 0 Å². The van der Waals surface area contributed by atoms with Crippen molar-refractivity contribution in [2.24, 2.45) is 0 Å². The second kappa shape index (κ2) is 9.20. The van der Waals surface area contributed by atoms with E-state index in [9.17, 15) is 9.90 Å². The molecule has 2 N–H and O–H groups in total. The molecule has 2 atom stereocenters. The molecule has 1 aromatic heterocycles. The first kappa shape index (κ1) is 20.3. The molecule has 0 saturated heterocycles. The van der Waals surface area contributed by atoms with Crippen LogP contribution < -0.4 is 14.8 Å². The van der Waals surface area contributed by atoms with Gasteiger partial charge in [0, 0.05) is 0 Å². The summed E-state index contributed by atoms with van der Waals surface area (Å²) in [5.74, 6) is 0.856. The third kappa shape index (κ3) is 4.91. The molecule has 2 aromatic carbocycles. The Kier molecular flexibility index (Phi) is 6.46. The highest BCUT2D eigenvalue weighted by molar-refractivity contribution is 5.92. The Bertz CT molecular complexity index is 958. The van der Waals surface area contributed by atoms with Crippen LogP contribution in [0.5, 0.6) is 11.5 Å². The molecule has 0 bridgehead atoms. The molecule has 0 spiro atoms. The summed E-state index contributed by atoms with van der Waals surface area (Å²) >= 11 is 0. The normalized spacial score (nSPS) is 12.8. The van der Waals surface area contributed by atoms with Gasteiger partial charge < -0.3 is 19.9 Å². The highest BCUT2D eigenvalue weighted by Crippen LogP contribution is 2.29. The van der Waals surface area contributed by atoms with Crippen LogP contribution in [-0.4, -0.2) is 40.2 Å². The second-order valence-corrected chi connectivity index (χ2v) is 6.56. The van der Waals surface area contributed by atoms with E-state index in [1.807, 2.05) is 49.4 Å². The van der Waals surface area contributed by atoms with Gasteiger partial charge in [-0.3, -0.25) is 4.79 Å². The number of hydrogen-bond acceptors (Lipinski definition) is 6. The Morgan fingerprint density at radius 3 is 2.52 bits per heavy atom. The molecule has 152 valence electrons. The van der Waals surface area contributed by atoms with E-state index in [4.69, 9.17) is 9.47 Å². The molecule has 8 heteroatoms. The highest BCUT2D eigenvalue weighted by atomic mass is 16.5. The number of carbonyl (C=O) groups is 1. The number of amides is 1.